The smallest absolute Gasteiger partial charge is 0.126 e. The van der Waals surface area contributed by atoms with Crippen LogP contribution in [0.4, 0.5) is 0 Å². The molecular formula is C10H28O2. The Morgan fingerprint density at radius 2 is 0.583 bits per heavy atom. The van der Waals surface area contributed by atoms with Crippen molar-refractivity contribution in [2.45, 2.75) is 57.4 Å². The van der Waals surface area contributed by atoms with Gasteiger partial charge in [0.1, 0.15) is 11.6 Å². The highest BCUT2D eigenvalue weighted by atomic mass is 16.1. The Hall–Kier alpha value is -0.660. The number of Topliss-reactive ketones (excluding diaryl/α,β-unsaturated/α-hetero) is 2. The standard InChI is InChI=1S/2C3H6O.4CH4/c2*1-3(2)4;;;;/h2*1-2H3;4*1H4. The zero-order valence-corrected chi connectivity index (χ0v) is 5.82. The fourth-order valence-corrected chi connectivity index (χ4v) is 0. The molecule has 0 aromatic heterocycles. The monoisotopic (exact) mass is 180 g/mol. The van der Waals surface area contributed by atoms with Crippen LogP contribution in [-0.4, -0.2) is 11.6 Å². The van der Waals surface area contributed by atoms with Crippen LogP contribution in [0.25, 0.3) is 0 Å². The summed E-state index contributed by atoms with van der Waals surface area (Å²) in [6.07, 6.45) is 0. The molecule has 0 N–H and O–H groups in total. The topological polar surface area (TPSA) is 34.1 Å². The quantitative estimate of drug-likeness (QED) is 0.569. The highest BCUT2D eigenvalue weighted by Crippen LogP contribution is 1.50. The lowest BCUT2D eigenvalue weighted by atomic mass is 10.6. The van der Waals surface area contributed by atoms with Crippen molar-refractivity contribution in [2.75, 3.05) is 0 Å². The fourth-order valence-electron chi connectivity index (χ4n) is 0. The third-order valence-corrected chi connectivity index (χ3v) is 0. The van der Waals surface area contributed by atoms with E-state index in [1.165, 1.54) is 27.7 Å². The minimum absolute atomic E-state index is 0. The minimum Gasteiger partial charge on any atom is -0.300 e. The summed E-state index contributed by atoms with van der Waals surface area (Å²) in [5.41, 5.74) is 0. The van der Waals surface area contributed by atoms with Crippen LogP contribution < -0.4 is 0 Å². The van der Waals surface area contributed by atoms with E-state index in [1.807, 2.05) is 0 Å². The van der Waals surface area contributed by atoms with Gasteiger partial charge in [0.05, 0.1) is 0 Å². The summed E-state index contributed by atoms with van der Waals surface area (Å²) in [5.74, 6) is 0.333. The molecule has 2 heteroatoms. The molecule has 0 spiro atoms. The van der Waals surface area contributed by atoms with Crippen molar-refractivity contribution in [3.63, 3.8) is 0 Å². The van der Waals surface area contributed by atoms with E-state index < -0.39 is 0 Å². The molecule has 0 bridgehead atoms. The van der Waals surface area contributed by atoms with Gasteiger partial charge in [-0.3, -0.25) is 0 Å². The molecule has 0 unspecified atom stereocenters. The van der Waals surface area contributed by atoms with E-state index in [0.29, 0.717) is 0 Å². The van der Waals surface area contributed by atoms with Crippen LogP contribution in [0.5, 0.6) is 0 Å². The van der Waals surface area contributed by atoms with E-state index in [1.54, 1.807) is 0 Å². The molecule has 0 amide bonds. The SMILES string of the molecule is C.C.C.C.CC(C)=O.CC(C)=O. The number of hydrogen-bond acceptors (Lipinski definition) is 2. The summed E-state index contributed by atoms with van der Waals surface area (Å²) in [7, 11) is 0. The molecule has 0 aliphatic rings. The van der Waals surface area contributed by atoms with Crippen molar-refractivity contribution < 1.29 is 9.59 Å². The van der Waals surface area contributed by atoms with E-state index in [2.05, 4.69) is 0 Å². The fraction of sp³-hybridized carbons (Fsp3) is 0.800. The summed E-state index contributed by atoms with van der Waals surface area (Å²) in [5, 5.41) is 0. The van der Waals surface area contributed by atoms with E-state index in [9.17, 15) is 9.59 Å². The van der Waals surface area contributed by atoms with E-state index >= 15 is 0 Å². The summed E-state index contributed by atoms with van der Waals surface area (Å²) >= 11 is 0. The predicted molar refractivity (Wildman–Crippen MR) is 59.6 cm³/mol. The summed E-state index contributed by atoms with van der Waals surface area (Å²) in [6.45, 7) is 6.11. The molecule has 0 aliphatic heterocycles. The molecule has 0 radical (unpaired) electrons. The molecule has 0 saturated carbocycles. The molecule has 0 saturated heterocycles. The largest absolute Gasteiger partial charge is 0.300 e. The third kappa shape index (κ3) is 1490. The average Bonchev–Trinajstić information content (AvgIpc) is 1.25. The van der Waals surface area contributed by atoms with Gasteiger partial charge >= 0.3 is 0 Å². The number of ketones is 2. The molecule has 0 rings (SSSR count). The number of carbonyl (C=O) groups is 2. The number of hydrogen-bond donors (Lipinski definition) is 0. The van der Waals surface area contributed by atoms with Crippen LogP contribution in [-0.2, 0) is 9.59 Å². The second-order valence-electron chi connectivity index (χ2n) is 1.82. The molecule has 0 aromatic rings. The zero-order valence-electron chi connectivity index (χ0n) is 5.82. The van der Waals surface area contributed by atoms with Crippen molar-refractivity contribution in [3.8, 4) is 0 Å². The van der Waals surface area contributed by atoms with Gasteiger partial charge in [0.15, 0.2) is 0 Å². The van der Waals surface area contributed by atoms with E-state index in [0.717, 1.165) is 0 Å². The second kappa shape index (κ2) is 31.6. The first-order chi connectivity index (χ1) is 3.46. The maximum absolute atomic E-state index is 9.44. The van der Waals surface area contributed by atoms with Gasteiger partial charge < -0.3 is 9.59 Å². The Labute approximate surface area is 79.4 Å². The van der Waals surface area contributed by atoms with E-state index in [4.69, 9.17) is 0 Å². The van der Waals surface area contributed by atoms with Gasteiger partial charge in [-0.05, 0) is 27.7 Å². The zero-order chi connectivity index (χ0) is 7.15. The second-order valence-corrected chi connectivity index (χ2v) is 1.82. The lowest BCUT2D eigenvalue weighted by Gasteiger charge is -1.56. The maximum Gasteiger partial charge on any atom is 0.126 e. The summed E-state index contributed by atoms with van der Waals surface area (Å²) in [6, 6.07) is 0. The van der Waals surface area contributed by atoms with Gasteiger partial charge in [0.25, 0.3) is 0 Å². The van der Waals surface area contributed by atoms with Crippen LogP contribution >= 0.6 is 0 Å². The van der Waals surface area contributed by atoms with Crippen LogP contribution in [0.3, 0.4) is 0 Å². The van der Waals surface area contributed by atoms with Crippen LogP contribution in [0.15, 0.2) is 0 Å². The molecule has 0 atom stereocenters. The molecule has 0 fully saturated rings. The first kappa shape index (κ1) is 42.5. The molecule has 0 heterocycles. The predicted octanol–water partition coefficient (Wildman–Crippen LogP) is 3.74. The Balaban J connectivity index is -0.0000000112. The highest BCUT2D eigenvalue weighted by molar-refractivity contribution is 5.72. The Bertz CT molecular complexity index is 65.8. The summed E-state index contributed by atoms with van der Waals surface area (Å²) in [4.78, 5) is 18.9. The number of carbonyl (C=O) groups excluding carboxylic acids is 2. The van der Waals surface area contributed by atoms with Crippen molar-refractivity contribution in [2.24, 2.45) is 0 Å². The average molecular weight is 180 g/mol. The lowest BCUT2D eigenvalue weighted by Crippen LogP contribution is -1.69. The molecule has 0 aromatic carbocycles. The first-order valence-electron chi connectivity index (χ1n) is 2.41. The molecular weight excluding hydrogens is 152 g/mol. The molecule has 2 nitrogen and oxygen atoms in total. The highest BCUT2D eigenvalue weighted by Gasteiger charge is 1.62. The summed E-state index contributed by atoms with van der Waals surface area (Å²) < 4.78 is 0. The lowest BCUT2D eigenvalue weighted by molar-refractivity contribution is -0.115. The van der Waals surface area contributed by atoms with Crippen LogP contribution in [0.2, 0.25) is 0 Å². The molecule has 12 heavy (non-hydrogen) atoms. The Morgan fingerprint density at radius 3 is 0.583 bits per heavy atom. The molecule has 0 aliphatic carbocycles. The van der Waals surface area contributed by atoms with Crippen molar-refractivity contribution in [1.29, 1.82) is 0 Å². The van der Waals surface area contributed by atoms with Gasteiger partial charge in [0.2, 0.25) is 0 Å². The van der Waals surface area contributed by atoms with Crippen molar-refractivity contribution in [3.05, 3.63) is 0 Å². The van der Waals surface area contributed by atoms with Crippen molar-refractivity contribution in [1.82, 2.24) is 0 Å². The van der Waals surface area contributed by atoms with Crippen LogP contribution in [0.1, 0.15) is 57.4 Å². The third-order valence-electron chi connectivity index (χ3n) is 0. The molecule has 80 valence electrons. The Kier molecular flexibility index (Phi) is 112. The number of rotatable bonds is 0. The normalized spacial score (nSPS) is 4.33. The first-order valence-corrected chi connectivity index (χ1v) is 2.41. The van der Waals surface area contributed by atoms with Gasteiger partial charge in [-0.1, -0.05) is 29.7 Å². The van der Waals surface area contributed by atoms with Gasteiger partial charge in [-0.15, -0.1) is 0 Å². The Morgan fingerprint density at radius 1 is 0.583 bits per heavy atom. The van der Waals surface area contributed by atoms with Gasteiger partial charge in [-0.2, -0.15) is 0 Å². The van der Waals surface area contributed by atoms with Crippen molar-refractivity contribution >= 4 is 11.6 Å². The van der Waals surface area contributed by atoms with Gasteiger partial charge in [-0.25, -0.2) is 0 Å². The van der Waals surface area contributed by atoms with Crippen LogP contribution in [0, 0.1) is 0 Å². The van der Waals surface area contributed by atoms with Gasteiger partial charge in [0, 0.05) is 0 Å². The van der Waals surface area contributed by atoms with E-state index in [-0.39, 0.29) is 41.3 Å². The minimum atomic E-state index is 0. The maximum atomic E-state index is 9.44.